The molecular weight excluding hydrogens is 542 g/mol. The number of para-hydroxylation sites is 1. The van der Waals surface area contributed by atoms with Crippen molar-refractivity contribution in [2.75, 3.05) is 5.32 Å². The number of rotatable bonds is 10. The number of amides is 3. The first kappa shape index (κ1) is 27.8. The summed E-state index contributed by atoms with van der Waals surface area (Å²) in [6.07, 6.45) is 1.95. The molecular formula is C30H31N5O3S2. The zero-order chi connectivity index (χ0) is 28.1. The minimum atomic E-state index is -0.689. The van der Waals surface area contributed by atoms with Gasteiger partial charge in [-0.1, -0.05) is 55.9 Å². The molecule has 8 nitrogen and oxygen atoms in total. The van der Waals surface area contributed by atoms with Crippen molar-refractivity contribution in [1.29, 1.82) is 0 Å². The molecule has 3 heterocycles. The number of anilines is 1. The summed E-state index contributed by atoms with van der Waals surface area (Å²) in [4.78, 5) is 51.4. The van der Waals surface area contributed by atoms with Gasteiger partial charge in [-0.15, -0.1) is 11.3 Å². The van der Waals surface area contributed by atoms with Crippen LogP contribution in [-0.4, -0.2) is 44.9 Å². The molecule has 5 rings (SSSR count). The topological polar surface area (TPSA) is 103 Å². The summed E-state index contributed by atoms with van der Waals surface area (Å²) in [7, 11) is 0. The van der Waals surface area contributed by atoms with E-state index in [2.05, 4.69) is 17.6 Å². The Labute approximate surface area is 242 Å². The lowest BCUT2D eigenvalue weighted by Gasteiger charge is -2.27. The Morgan fingerprint density at radius 1 is 1.07 bits per heavy atom. The number of amidine groups is 2. The largest absolute Gasteiger partial charge is 0.351 e. The van der Waals surface area contributed by atoms with Crippen LogP contribution in [0.1, 0.15) is 49.1 Å². The maximum absolute atomic E-state index is 13.6. The van der Waals surface area contributed by atoms with E-state index in [-0.39, 0.29) is 24.1 Å². The van der Waals surface area contributed by atoms with Crippen LogP contribution in [0.4, 0.5) is 11.4 Å². The second-order valence-electron chi connectivity index (χ2n) is 9.50. The number of thiophene rings is 1. The number of benzene rings is 2. The molecule has 0 radical (unpaired) electrons. The first-order valence-electron chi connectivity index (χ1n) is 13.4. The van der Waals surface area contributed by atoms with E-state index in [1.165, 1.54) is 22.2 Å². The summed E-state index contributed by atoms with van der Waals surface area (Å²) in [6.45, 7) is 4.50. The minimum absolute atomic E-state index is 0.121. The number of carbonyl (C=O) groups excluding carboxylic acids is 3. The number of fused-ring (bicyclic) bond motifs is 3. The molecule has 0 spiro atoms. The third kappa shape index (κ3) is 6.18. The molecule has 0 fully saturated rings. The van der Waals surface area contributed by atoms with Gasteiger partial charge in [-0.3, -0.25) is 19.4 Å². The van der Waals surface area contributed by atoms with Gasteiger partial charge >= 0.3 is 0 Å². The molecule has 206 valence electrons. The van der Waals surface area contributed by atoms with Crippen molar-refractivity contribution >= 4 is 63.2 Å². The average molecular weight is 574 g/mol. The minimum Gasteiger partial charge on any atom is -0.351 e. The SMILES string of the molecule is CCc1ccc(NC(=O)C(CC)SC2=Nc3ccccc3C3=NC(CCC(=O)NCc4cccs4)C(=O)N23)cc1. The summed E-state index contributed by atoms with van der Waals surface area (Å²) in [5.74, 6) is 0.0202. The van der Waals surface area contributed by atoms with Crippen LogP contribution in [0, 0.1) is 0 Å². The number of carbonyl (C=O) groups is 3. The van der Waals surface area contributed by atoms with Gasteiger partial charge in [0.15, 0.2) is 5.17 Å². The van der Waals surface area contributed by atoms with Crippen LogP contribution in [0.15, 0.2) is 76.0 Å². The number of thioether (sulfide) groups is 1. The summed E-state index contributed by atoms with van der Waals surface area (Å²) < 4.78 is 0. The molecule has 3 amide bonds. The van der Waals surface area contributed by atoms with Crippen molar-refractivity contribution in [2.24, 2.45) is 9.98 Å². The standard InChI is InChI=1S/C30H31N5O3S2/c1-3-19-11-13-20(14-12-19)32-28(37)25(4-2)40-30-34-23-10-6-5-9-22(23)27-33-24(29(38)35(27)30)15-16-26(36)31-18-21-8-7-17-39-21/h5-14,17,24-25H,3-4,15-16,18H2,1-2H3,(H,31,36)(H,32,37). The summed E-state index contributed by atoms with van der Waals surface area (Å²) >= 11 is 2.85. The molecule has 2 atom stereocenters. The van der Waals surface area contributed by atoms with Gasteiger partial charge in [-0.25, -0.2) is 9.89 Å². The Kier molecular flexibility index (Phi) is 8.76. The lowest BCUT2D eigenvalue weighted by molar-refractivity contribution is -0.125. The van der Waals surface area contributed by atoms with Crippen molar-refractivity contribution < 1.29 is 14.4 Å². The number of aryl methyl sites for hydroxylation is 1. The number of nitrogens with zero attached hydrogens (tertiary/aromatic N) is 3. The van der Waals surface area contributed by atoms with Gasteiger partial charge in [0.25, 0.3) is 5.91 Å². The van der Waals surface area contributed by atoms with Crippen molar-refractivity contribution in [3.63, 3.8) is 0 Å². The highest BCUT2D eigenvalue weighted by atomic mass is 32.2. The molecule has 10 heteroatoms. The highest BCUT2D eigenvalue weighted by Gasteiger charge is 2.42. The second kappa shape index (κ2) is 12.6. The lowest BCUT2D eigenvalue weighted by Crippen LogP contribution is -2.42. The quantitative estimate of drug-likeness (QED) is 0.334. The monoisotopic (exact) mass is 573 g/mol. The number of aliphatic imine (C=N–C) groups is 2. The Bertz CT molecular complexity index is 1450. The van der Waals surface area contributed by atoms with Gasteiger partial charge in [0.05, 0.1) is 17.5 Å². The zero-order valence-corrected chi connectivity index (χ0v) is 24.1. The normalized spacial score (nSPS) is 16.5. The van der Waals surface area contributed by atoms with E-state index in [0.717, 1.165) is 22.5 Å². The highest BCUT2D eigenvalue weighted by molar-refractivity contribution is 8.15. The molecule has 0 bridgehead atoms. The van der Waals surface area contributed by atoms with E-state index in [0.29, 0.717) is 36.1 Å². The third-order valence-electron chi connectivity index (χ3n) is 6.77. The maximum atomic E-state index is 13.6. The van der Waals surface area contributed by atoms with Crippen molar-refractivity contribution in [3.8, 4) is 0 Å². The third-order valence-corrected chi connectivity index (χ3v) is 8.97. The molecule has 0 saturated carbocycles. The van der Waals surface area contributed by atoms with Gasteiger partial charge in [0.1, 0.15) is 11.9 Å². The molecule has 2 unspecified atom stereocenters. The molecule has 2 N–H and O–H groups in total. The molecule has 2 aliphatic heterocycles. The highest BCUT2D eigenvalue weighted by Crippen LogP contribution is 2.36. The number of nitrogens with one attached hydrogen (secondary N) is 2. The first-order chi connectivity index (χ1) is 19.5. The van der Waals surface area contributed by atoms with Crippen molar-refractivity contribution in [1.82, 2.24) is 10.2 Å². The second-order valence-corrected chi connectivity index (χ2v) is 11.7. The Morgan fingerprint density at radius 3 is 2.60 bits per heavy atom. The van der Waals surface area contributed by atoms with Gasteiger partial charge in [-0.2, -0.15) is 0 Å². The Morgan fingerprint density at radius 2 is 1.88 bits per heavy atom. The van der Waals surface area contributed by atoms with Crippen LogP contribution in [-0.2, 0) is 27.3 Å². The predicted octanol–water partition coefficient (Wildman–Crippen LogP) is 5.52. The molecule has 0 saturated heterocycles. The van der Waals surface area contributed by atoms with E-state index >= 15 is 0 Å². The zero-order valence-electron chi connectivity index (χ0n) is 22.4. The van der Waals surface area contributed by atoms with E-state index in [1.54, 1.807) is 11.3 Å². The smallest absolute Gasteiger partial charge is 0.259 e. The van der Waals surface area contributed by atoms with Crippen molar-refractivity contribution in [3.05, 3.63) is 82.0 Å². The fourth-order valence-electron chi connectivity index (χ4n) is 4.52. The Balaban J connectivity index is 1.29. The van der Waals surface area contributed by atoms with Gasteiger partial charge in [0, 0.05) is 22.5 Å². The maximum Gasteiger partial charge on any atom is 0.259 e. The number of hydrogen-bond acceptors (Lipinski definition) is 7. The Hall–Kier alpha value is -3.76. The molecule has 0 aliphatic carbocycles. The van der Waals surface area contributed by atoms with Crippen molar-refractivity contribution in [2.45, 2.75) is 57.4 Å². The van der Waals surface area contributed by atoms with Crippen LogP contribution in [0.5, 0.6) is 0 Å². The fourth-order valence-corrected chi connectivity index (χ4v) is 6.18. The predicted molar refractivity (Wildman–Crippen MR) is 162 cm³/mol. The fraction of sp³-hybridized carbons (Fsp3) is 0.300. The van der Waals surface area contributed by atoms with Gasteiger partial charge in [-0.05, 0) is 60.5 Å². The molecule has 2 aliphatic rings. The van der Waals surface area contributed by atoms with Gasteiger partial charge in [0.2, 0.25) is 11.8 Å². The molecule has 40 heavy (non-hydrogen) atoms. The van der Waals surface area contributed by atoms with Crippen LogP contribution in [0.2, 0.25) is 0 Å². The number of hydrogen-bond donors (Lipinski definition) is 2. The van der Waals surface area contributed by atoms with Gasteiger partial charge < -0.3 is 10.6 Å². The van der Waals surface area contributed by atoms with Crippen LogP contribution < -0.4 is 10.6 Å². The van der Waals surface area contributed by atoms with Crippen LogP contribution >= 0.6 is 23.1 Å². The molecule has 1 aromatic heterocycles. The van der Waals surface area contributed by atoms with E-state index in [9.17, 15) is 14.4 Å². The summed E-state index contributed by atoms with van der Waals surface area (Å²) in [6, 6.07) is 18.6. The van der Waals surface area contributed by atoms with E-state index in [1.807, 2.05) is 73.0 Å². The lowest BCUT2D eigenvalue weighted by atomic mass is 10.1. The van der Waals surface area contributed by atoms with Crippen LogP contribution in [0.25, 0.3) is 0 Å². The van der Waals surface area contributed by atoms with E-state index in [4.69, 9.17) is 9.98 Å². The summed E-state index contributed by atoms with van der Waals surface area (Å²) in [5, 5.41) is 7.83. The average Bonchev–Trinajstić information content (AvgIpc) is 3.62. The molecule has 3 aromatic rings. The molecule has 2 aromatic carbocycles. The van der Waals surface area contributed by atoms with E-state index < -0.39 is 11.3 Å². The first-order valence-corrected chi connectivity index (χ1v) is 15.2. The summed E-state index contributed by atoms with van der Waals surface area (Å²) in [5.41, 5.74) is 3.39. The van der Waals surface area contributed by atoms with Crippen LogP contribution in [0.3, 0.4) is 0 Å².